The van der Waals surface area contributed by atoms with Crippen molar-refractivity contribution in [1.82, 2.24) is 10.2 Å². The Labute approximate surface area is 132 Å². The number of ether oxygens (including phenoxy) is 2. The highest BCUT2D eigenvalue weighted by Crippen LogP contribution is 2.22. The summed E-state index contributed by atoms with van der Waals surface area (Å²) in [5.41, 5.74) is 0.774. The van der Waals surface area contributed by atoms with Crippen molar-refractivity contribution in [1.29, 1.82) is 0 Å². The molecule has 0 N–H and O–H groups in total. The first kappa shape index (κ1) is 14.4. The average Bonchev–Trinajstić information content (AvgIpc) is 3.02. The molecule has 22 heavy (non-hydrogen) atoms. The van der Waals surface area contributed by atoms with Crippen LogP contribution in [0.4, 0.5) is 0 Å². The zero-order valence-corrected chi connectivity index (χ0v) is 12.6. The number of methoxy groups -OCH3 is 1. The monoisotopic (exact) mass is 316 g/mol. The van der Waals surface area contributed by atoms with E-state index in [4.69, 9.17) is 25.5 Å². The van der Waals surface area contributed by atoms with Crippen LogP contribution in [0.2, 0.25) is 5.02 Å². The molecular formula is C16H13ClN2O3. The molecule has 0 unspecified atom stereocenters. The Bertz CT molecular complexity index is 756. The van der Waals surface area contributed by atoms with E-state index < -0.39 is 0 Å². The fourth-order valence-corrected chi connectivity index (χ4v) is 2.06. The highest BCUT2D eigenvalue weighted by Gasteiger charge is 2.09. The van der Waals surface area contributed by atoms with Crippen LogP contribution < -0.4 is 9.47 Å². The maximum atomic E-state index is 5.94. The lowest BCUT2D eigenvalue weighted by Gasteiger charge is -2.04. The van der Waals surface area contributed by atoms with Crippen molar-refractivity contribution < 1.29 is 13.9 Å². The molecule has 3 aromatic rings. The number of halogens is 1. The van der Waals surface area contributed by atoms with Gasteiger partial charge in [0.15, 0.2) is 6.61 Å². The Balaban J connectivity index is 1.66. The molecule has 2 aromatic carbocycles. The zero-order valence-electron chi connectivity index (χ0n) is 11.8. The topological polar surface area (TPSA) is 57.4 Å². The maximum absolute atomic E-state index is 5.94. The highest BCUT2D eigenvalue weighted by molar-refractivity contribution is 6.30. The lowest BCUT2D eigenvalue weighted by molar-refractivity contribution is 0.264. The van der Waals surface area contributed by atoms with Crippen molar-refractivity contribution in [3.63, 3.8) is 0 Å². The largest absolute Gasteiger partial charge is 0.497 e. The van der Waals surface area contributed by atoms with Crippen molar-refractivity contribution >= 4 is 11.6 Å². The molecule has 1 aromatic heterocycles. The van der Waals surface area contributed by atoms with Gasteiger partial charge in [0, 0.05) is 10.6 Å². The fraction of sp³-hybridized carbons (Fsp3) is 0.125. The molecule has 6 heteroatoms. The molecule has 0 saturated heterocycles. The number of hydrogen-bond donors (Lipinski definition) is 0. The van der Waals surface area contributed by atoms with Gasteiger partial charge in [0.1, 0.15) is 11.5 Å². The third-order valence-electron chi connectivity index (χ3n) is 2.96. The van der Waals surface area contributed by atoms with E-state index in [0.29, 0.717) is 22.6 Å². The van der Waals surface area contributed by atoms with Gasteiger partial charge in [0.05, 0.1) is 7.11 Å². The van der Waals surface area contributed by atoms with E-state index in [1.165, 1.54) is 0 Å². The summed E-state index contributed by atoms with van der Waals surface area (Å²) < 4.78 is 16.2. The third-order valence-corrected chi connectivity index (χ3v) is 3.20. The Morgan fingerprint density at radius 1 is 1.05 bits per heavy atom. The first-order valence-corrected chi connectivity index (χ1v) is 6.97. The summed E-state index contributed by atoms with van der Waals surface area (Å²) in [6.07, 6.45) is 0. The second kappa shape index (κ2) is 6.49. The van der Waals surface area contributed by atoms with Crippen LogP contribution >= 0.6 is 11.6 Å². The minimum Gasteiger partial charge on any atom is -0.497 e. The van der Waals surface area contributed by atoms with Gasteiger partial charge in [-0.05, 0) is 42.5 Å². The van der Waals surface area contributed by atoms with E-state index in [1.807, 2.05) is 36.4 Å². The summed E-state index contributed by atoms with van der Waals surface area (Å²) in [6, 6.07) is 14.5. The molecule has 0 amide bonds. The lowest BCUT2D eigenvalue weighted by Crippen LogP contribution is -1.95. The summed E-state index contributed by atoms with van der Waals surface area (Å²) in [4.78, 5) is 0. The van der Waals surface area contributed by atoms with E-state index in [9.17, 15) is 0 Å². The van der Waals surface area contributed by atoms with Gasteiger partial charge in [0.2, 0.25) is 5.89 Å². The molecular weight excluding hydrogens is 304 g/mol. The van der Waals surface area contributed by atoms with Gasteiger partial charge >= 0.3 is 0 Å². The molecule has 3 rings (SSSR count). The average molecular weight is 317 g/mol. The van der Waals surface area contributed by atoms with E-state index in [1.54, 1.807) is 19.2 Å². The van der Waals surface area contributed by atoms with Crippen LogP contribution in [0.1, 0.15) is 5.89 Å². The SMILES string of the molecule is COc1ccc(OCc2nnc(-c3cccc(Cl)c3)o2)cc1. The Kier molecular flexibility index (Phi) is 4.25. The Morgan fingerprint density at radius 2 is 1.82 bits per heavy atom. The van der Waals surface area contributed by atoms with Crippen LogP contribution in [0.5, 0.6) is 11.5 Å². The summed E-state index contributed by atoms with van der Waals surface area (Å²) in [6.45, 7) is 0.194. The molecule has 0 aliphatic heterocycles. The van der Waals surface area contributed by atoms with E-state index >= 15 is 0 Å². The zero-order chi connectivity index (χ0) is 15.4. The first-order valence-electron chi connectivity index (χ1n) is 6.60. The van der Waals surface area contributed by atoms with Crippen LogP contribution in [0.3, 0.4) is 0 Å². The predicted octanol–water partition coefficient (Wildman–Crippen LogP) is 3.98. The van der Waals surface area contributed by atoms with Gasteiger partial charge in [-0.2, -0.15) is 0 Å². The van der Waals surface area contributed by atoms with Crippen molar-refractivity contribution in [3.05, 3.63) is 59.4 Å². The maximum Gasteiger partial charge on any atom is 0.254 e. The Hall–Kier alpha value is -2.53. The molecule has 1 heterocycles. The highest BCUT2D eigenvalue weighted by atomic mass is 35.5. The fourth-order valence-electron chi connectivity index (χ4n) is 1.87. The minimum absolute atomic E-state index is 0.194. The molecule has 0 bridgehead atoms. The predicted molar refractivity (Wildman–Crippen MR) is 82.1 cm³/mol. The minimum atomic E-state index is 0.194. The van der Waals surface area contributed by atoms with E-state index in [-0.39, 0.29) is 6.61 Å². The second-order valence-corrected chi connectivity index (χ2v) is 4.91. The van der Waals surface area contributed by atoms with E-state index in [2.05, 4.69) is 10.2 Å². The van der Waals surface area contributed by atoms with Crippen LogP contribution in [0.25, 0.3) is 11.5 Å². The quantitative estimate of drug-likeness (QED) is 0.712. The molecule has 0 aliphatic carbocycles. The van der Waals surface area contributed by atoms with Crippen LogP contribution in [0.15, 0.2) is 52.9 Å². The van der Waals surface area contributed by atoms with Crippen LogP contribution in [0, 0.1) is 0 Å². The van der Waals surface area contributed by atoms with Crippen molar-refractivity contribution in [2.75, 3.05) is 7.11 Å². The lowest BCUT2D eigenvalue weighted by atomic mass is 10.2. The normalized spacial score (nSPS) is 10.5. The summed E-state index contributed by atoms with van der Waals surface area (Å²) >= 11 is 5.94. The summed E-state index contributed by atoms with van der Waals surface area (Å²) in [5.74, 6) is 2.28. The van der Waals surface area contributed by atoms with Gasteiger partial charge in [-0.15, -0.1) is 10.2 Å². The molecule has 0 radical (unpaired) electrons. The number of rotatable bonds is 5. The number of hydrogen-bond acceptors (Lipinski definition) is 5. The van der Waals surface area contributed by atoms with Crippen molar-refractivity contribution in [2.24, 2.45) is 0 Å². The number of benzene rings is 2. The van der Waals surface area contributed by atoms with Gasteiger partial charge in [-0.3, -0.25) is 0 Å². The van der Waals surface area contributed by atoms with Gasteiger partial charge < -0.3 is 13.9 Å². The first-order chi connectivity index (χ1) is 10.7. The molecule has 0 spiro atoms. The van der Waals surface area contributed by atoms with Gasteiger partial charge in [-0.25, -0.2) is 0 Å². The molecule has 0 aliphatic rings. The van der Waals surface area contributed by atoms with Crippen LogP contribution in [-0.2, 0) is 6.61 Å². The number of nitrogens with zero attached hydrogens (tertiary/aromatic N) is 2. The van der Waals surface area contributed by atoms with Crippen molar-refractivity contribution in [3.8, 4) is 23.0 Å². The smallest absolute Gasteiger partial charge is 0.254 e. The van der Waals surface area contributed by atoms with Crippen LogP contribution in [-0.4, -0.2) is 17.3 Å². The Morgan fingerprint density at radius 3 is 2.55 bits per heavy atom. The molecule has 0 saturated carbocycles. The standard InChI is InChI=1S/C16H13ClN2O3/c1-20-13-5-7-14(8-6-13)21-10-15-18-19-16(22-15)11-3-2-4-12(17)9-11/h2-9H,10H2,1H3. The molecule has 112 valence electrons. The molecule has 0 atom stereocenters. The third kappa shape index (κ3) is 3.38. The van der Waals surface area contributed by atoms with Gasteiger partial charge in [0.25, 0.3) is 5.89 Å². The van der Waals surface area contributed by atoms with Gasteiger partial charge in [-0.1, -0.05) is 17.7 Å². The summed E-state index contributed by atoms with van der Waals surface area (Å²) in [5, 5.41) is 8.57. The summed E-state index contributed by atoms with van der Waals surface area (Å²) in [7, 11) is 1.62. The molecule has 5 nitrogen and oxygen atoms in total. The molecule has 0 fully saturated rings. The second-order valence-electron chi connectivity index (χ2n) is 4.48. The number of aromatic nitrogens is 2. The van der Waals surface area contributed by atoms with E-state index in [0.717, 1.165) is 11.3 Å². The van der Waals surface area contributed by atoms with Crippen molar-refractivity contribution in [2.45, 2.75) is 6.61 Å².